The Morgan fingerprint density at radius 1 is 1.09 bits per heavy atom. The monoisotopic (exact) mass is 312 g/mol. The maximum absolute atomic E-state index is 5.10. The van der Waals surface area contributed by atoms with E-state index in [-0.39, 0.29) is 0 Å². The lowest BCUT2D eigenvalue weighted by Crippen LogP contribution is -1.94. The van der Waals surface area contributed by atoms with E-state index in [0.717, 1.165) is 31.6 Å². The second kappa shape index (κ2) is 9.94. The van der Waals surface area contributed by atoms with Crippen LogP contribution in [0.25, 0.3) is 0 Å². The van der Waals surface area contributed by atoms with Gasteiger partial charge in [0.15, 0.2) is 0 Å². The lowest BCUT2D eigenvalue weighted by atomic mass is 9.98. The summed E-state index contributed by atoms with van der Waals surface area (Å²) in [5.41, 5.74) is 3.92. The molecule has 0 saturated heterocycles. The third-order valence-electron chi connectivity index (χ3n) is 4.14. The molecule has 0 bridgehead atoms. The van der Waals surface area contributed by atoms with Crippen molar-refractivity contribution in [1.29, 1.82) is 0 Å². The lowest BCUT2D eigenvalue weighted by molar-refractivity contribution is 0.513. The fourth-order valence-corrected chi connectivity index (χ4v) is 2.66. The molecular weight excluding hydrogens is 284 g/mol. The quantitative estimate of drug-likeness (QED) is 0.477. The van der Waals surface area contributed by atoms with Crippen molar-refractivity contribution in [3.05, 3.63) is 72.1 Å². The van der Waals surface area contributed by atoms with E-state index < -0.39 is 0 Å². The number of rotatable bonds is 10. The van der Waals surface area contributed by atoms with E-state index in [9.17, 15) is 0 Å². The lowest BCUT2D eigenvalue weighted by Gasteiger charge is -2.07. The van der Waals surface area contributed by atoms with Gasteiger partial charge in [-0.05, 0) is 68.2 Å². The first-order valence-corrected chi connectivity index (χ1v) is 8.59. The molecule has 1 unspecified atom stereocenters. The minimum atomic E-state index is 0.733. The molecule has 2 rings (SSSR count). The standard InChI is InChI=1S/C21H28O2/c1-18(8-4-10-20-12-14-22-16-20)6-3-7-19(2)9-5-11-21-13-15-23-17-21/h3,6,8,12-17,19H,4-5,7,9-11H2,1-2H3. The van der Waals surface area contributed by atoms with Crippen molar-refractivity contribution in [2.45, 2.75) is 52.4 Å². The van der Waals surface area contributed by atoms with E-state index in [1.165, 1.54) is 29.5 Å². The molecule has 0 aliphatic rings. The predicted molar refractivity (Wildman–Crippen MR) is 95.4 cm³/mol. The first-order valence-electron chi connectivity index (χ1n) is 8.59. The minimum absolute atomic E-state index is 0.733. The Balaban J connectivity index is 1.58. The Bertz CT molecular complexity index is 573. The zero-order chi connectivity index (χ0) is 16.3. The summed E-state index contributed by atoms with van der Waals surface area (Å²) in [6, 6.07) is 4.09. The molecule has 0 aliphatic heterocycles. The van der Waals surface area contributed by atoms with Gasteiger partial charge >= 0.3 is 0 Å². The van der Waals surface area contributed by atoms with Gasteiger partial charge in [0.2, 0.25) is 0 Å². The summed E-state index contributed by atoms with van der Waals surface area (Å²) in [7, 11) is 0. The van der Waals surface area contributed by atoms with Gasteiger partial charge in [-0.15, -0.1) is 0 Å². The summed E-state index contributed by atoms with van der Waals surface area (Å²) in [5.74, 6) is 0.733. The number of hydrogen-bond acceptors (Lipinski definition) is 2. The number of hydrogen-bond donors (Lipinski definition) is 0. The molecule has 2 heteroatoms. The average Bonchev–Trinajstić information content (AvgIpc) is 3.20. The number of furan rings is 2. The highest BCUT2D eigenvalue weighted by Crippen LogP contribution is 2.15. The number of aryl methyl sites for hydroxylation is 2. The highest BCUT2D eigenvalue weighted by atomic mass is 16.3. The molecule has 2 aromatic heterocycles. The second-order valence-corrected chi connectivity index (χ2v) is 6.39. The zero-order valence-electron chi connectivity index (χ0n) is 14.3. The van der Waals surface area contributed by atoms with Gasteiger partial charge in [0.25, 0.3) is 0 Å². The molecule has 23 heavy (non-hydrogen) atoms. The summed E-state index contributed by atoms with van der Waals surface area (Å²) in [6.07, 6.45) is 20.9. The number of allylic oxidation sites excluding steroid dienone is 4. The Kier molecular flexibility index (Phi) is 7.51. The molecule has 0 saturated carbocycles. The van der Waals surface area contributed by atoms with Crippen molar-refractivity contribution in [3.63, 3.8) is 0 Å². The Labute approximate surface area is 139 Å². The average molecular weight is 312 g/mol. The largest absolute Gasteiger partial charge is 0.472 e. The molecule has 2 heterocycles. The molecule has 1 atom stereocenters. The zero-order valence-corrected chi connectivity index (χ0v) is 14.3. The summed E-state index contributed by atoms with van der Waals surface area (Å²) < 4.78 is 10.2. The molecule has 0 radical (unpaired) electrons. The van der Waals surface area contributed by atoms with Crippen LogP contribution in [0.15, 0.2) is 69.8 Å². The molecule has 2 aromatic rings. The second-order valence-electron chi connectivity index (χ2n) is 6.39. The van der Waals surface area contributed by atoms with Crippen LogP contribution in [-0.4, -0.2) is 0 Å². The van der Waals surface area contributed by atoms with Crippen molar-refractivity contribution in [3.8, 4) is 0 Å². The van der Waals surface area contributed by atoms with Crippen LogP contribution in [-0.2, 0) is 12.8 Å². The third-order valence-corrected chi connectivity index (χ3v) is 4.14. The molecule has 0 spiro atoms. The van der Waals surface area contributed by atoms with Gasteiger partial charge in [0.05, 0.1) is 25.1 Å². The Hall–Kier alpha value is -1.96. The van der Waals surface area contributed by atoms with Gasteiger partial charge in [-0.25, -0.2) is 0 Å². The first-order chi connectivity index (χ1) is 11.2. The van der Waals surface area contributed by atoms with E-state index >= 15 is 0 Å². The SMILES string of the molecule is CC(C=CCC(C)CCCc1ccoc1)=CCCc1ccoc1. The summed E-state index contributed by atoms with van der Waals surface area (Å²) in [4.78, 5) is 0. The first kappa shape index (κ1) is 17.4. The predicted octanol–water partition coefficient (Wildman–Crippen LogP) is 6.36. The maximum atomic E-state index is 5.10. The van der Waals surface area contributed by atoms with Gasteiger partial charge < -0.3 is 8.83 Å². The molecule has 0 amide bonds. The fraction of sp³-hybridized carbons (Fsp3) is 0.429. The van der Waals surface area contributed by atoms with Crippen LogP contribution in [0.5, 0.6) is 0 Å². The molecule has 124 valence electrons. The van der Waals surface area contributed by atoms with Crippen LogP contribution in [0.2, 0.25) is 0 Å². The van der Waals surface area contributed by atoms with Gasteiger partial charge in [-0.3, -0.25) is 0 Å². The minimum Gasteiger partial charge on any atom is -0.472 e. The topological polar surface area (TPSA) is 26.3 Å². The van der Waals surface area contributed by atoms with E-state index in [1.807, 2.05) is 18.6 Å². The van der Waals surface area contributed by atoms with E-state index in [2.05, 4.69) is 38.1 Å². The van der Waals surface area contributed by atoms with Crippen LogP contribution >= 0.6 is 0 Å². The van der Waals surface area contributed by atoms with Crippen molar-refractivity contribution >= 4 is 0 Å². The highest BCUT2D eigenvalue weighted by molar-refractivity contribution is 5.17. The highest BCUT2D eigenvalue weighted by Gasteiger charge is 2.01. The smallest absolute Gasteiger partial charge is 0.0934 e. The van der Waals surface area contributed by atoms with Crippen LogP contribution in [0, 0.1) is 5.92 Å². The van der Waals surface area contributed by atoms with Gasteiger partial charge in [-0.2, -0.15) is 0 Å². The van der Waals surface area contributed by atoms with E-state index in [0.29, 0.717) is 0 Å². The van der Waals surface area contributed by atoms with Crippen molar-refractivity contribution in [2.24, 2.45) is 5.92 Å². The summed E-state index contributed by atoms with van der Waals surface area (Å²) in [6.45, 7) is 4.51. The Morgan fingerprint density at radius 2 is 1.78 bits per heavy atom. The van der Waals surface area contributed by atoms with Gasteiger partial charge in [-0.1, -0.05) is 37.1 Å². The molecule has 2 nitrogen and oxygen atoms in total. The van der Waals surface area contributed by atoms with Gasteiger partial charge in [0.1, 0.15) is 0 Å². The van der Waals surface area contributed by atoms with E-state index in [4.69, 9.17) is 8.83 Å². The van der Waals surface area contributed by atoms with Crippen LogP contribution in [0.4, 0.5) is 0 Å². The maximum Gasteiger partial charge on any atom is 0.0934 e. The van der Waals surface area contributed by atoms with Crippen LogP contribution in [0.3, 0.4) is 0 Å². The van der Waals surface area contributed by atoms with Crippen LogP contribution < -0.4 is 0 Å². The van der Waals surface area contributed by atoms with Crippen molar-refractivity contribution in [2.75, 3.05) is 0 Å². The molecule has 0 N–H and O–H groups in total. The summed E-state index contributed by atoms with van der Waals surface area (Å²) >= 11 is 0. The third kappa shape index (κ3) is 7.23. The van der Waals surface area contributed by atoms with Crippen LogP contribution in [0.1, 0.15) is 50.7 Å². The molecule has 0 aliphatic carbocycles. The Morgan fingerprint density at radius 3 is 2.43 bits per heavy atom. The molecule has 0 aromatic carbocycles. The molecular formula is C21H28O2. The summed E-state index contributed by atoms with van der Waals surface area (Å²) in [5, 5.41) is 0. The van der Waals surface area contributed by atoms with Gasteiger partial charge in [0, 0.05) is 0 Å². The normalized spacial score (nSPS) is 13.7. The fourth-order valence-electron chi connectivity index (χ4n) is 2.66. The van der Waals surface area contributed by atoms with E-state index in [1.54, 1.807) is 12.5 Å². The molecule has 0 fully saturated rings. The van der Waals surface area contributed by atoms with Crippen molar-refractivity contribution < 1.29 is 8.83 Å². The van der Waals surface area contributed by atoms with Crippen molar-refractivity contribution in [1.82, 2.24) is 0 Å².